The highest BCUT2D eigenvalue weighted by molar-refractivity contribution is 6.21. The van der Waals surface area contributed by atoms with Crippen LogP contribution in [0.4, 0.5) is 0 Å². The second-order valence-electron chi connectivity index (χ2n) is 10.6. The van der Waals surface area contributed by atoms with Gasteiger partial charge in [-0.25, -0.2) is 0 Å². The Morgan fingerprint density at radius 3 is 2.32 bits per heavy atom. The van der Waals surface area contributed by atoms with E-state index in [4.69, 9.17) is 16.3 Å². The summed E-state index contributed by atoms with van der Waals surface area (Å²) in [6, 6.07) is -0.276. The number of aliphatic hydroxyl groups is 1. The molecule has 6 heteroatoms. The third kappa shape index (κ3) is 3.52. The first-order valence-corrected chi connectivity index (χ1v) is 11.1. The second-order valence-corrected chi connectivity index (χ2v) is 11.1. The molecule has 5 nitrogen and oxygen atoms in total. The number of alkyl halides is 1. The van der Waals surface area contributed by atoms with Crippen molar-refractivity contribution in [2.24, 2.45) is 22.7 Å². The van der Waals surface area contributed by atoms with Crippen LogP contribution in [0.2, 0.25) is 0 Å². The van der Waals surface area contributed by atoms with E-state index in [1.807, 2.05) is 6.92 Å². The molecular weight excluding hydrogens is 376 g/mol. The minimum absolute atomic E-state index is 0.00949. The molecular formula is C22H37ClN2O3. The summed E-state index contributed by atoms with van der Waals surface area (Å²) in [5, 5.41) is 14.2. The summed E-state index contributed by atoms with van der Waals surface area (Å²) in [6.07, 6.45) is 5.95. The van der Waals surface area contributed by atoms with E-state index in [1.165, 1.54) is 0 Å². The molecule has 2 N–H and O–H groups in total. The highest BCUT2D eigenvalue weighted by Crippen LogP contribution is 2.57. The topological polar surface area (TPSA) is 70.9 Å². The zero-order chi connectivity index (χ0) is 21.0. The van der Waals surface area contributed by atoms with Gasteiger partial charge in [0.2, 0.25) is 6.41 Å². The van der Waals surface area contributed by atoms with Gasteiger partial charge in [0, 0.05) is 5.54 Å². The van der Waals surface area contributed by atoms with E-state index in [0.29, 0.717) is 6.42 Å². The fraction of sp³-hybridized carbons (Fsp3) is 0.909. The molecule has 3 aliphatic rings. The summed E-state index contributed by atoms with van der Waals surface area (Å²) < 4.78 is 6.69. The van der Waals surface area contributed by atoms with Crippen LogP contribution in [0, 0.1) is 17.8 Å². The van der Waals surface area contributed by atoms with Gasteiger partial charge < -0.3 is 15.2 Å². The lowest BCUT2D eigenvalue weighted by Crippen LogP contribution is -2.67. The smallest absolute Gasteiger partial charge is 0.207 e. The zero-order valence-electron chi connectivity index (χ0n) is 18.0. The Labute approximate surface area is 174 Å². The summed E-state index contributed by atoms with van der Waals surface area (Å²) in [4.78, 5) is 15.8. The molecule has 0 radical (unpaired) electrons. The largest absolute Gasteiger partial charge is 0.388 e. The predicted molar refractivity (Wildman–Crippen MR) is 113 cm³/mol. The highest BCUT2D eigenvalue weighted by Gasteiger charge is 2.61. The van der Waals surface area contributed by atoms with Crippen molar-refractivity contribution in [3.63, 3.8) is 0 Å². The molecule has 0 aromatic heterocycles. The van der Waals surface area contributed by atoms with Gasteiger partial charge in [0.25, 0.3) is 0 Å². The Morgan fingerprint density at radius 1 is 1.11 bits per heavy atom. The first kappa shape index (κ1) is 22.0. The van der Waals surface area contributed by atoms with E-state index < -0.39 is 11.2 Å². The number of hydrogen-bond acceptors (Lipinski definition) is 4. The summed E-state index contributed by atoms with van der Waals surface area (Å²) >= 11 is 6.56. The van der Waals surface area contributed by atoms with Crippen LogP contribution in [0.25, 0.3) is 0 Å². The molecule has 0 spiro atoms. The number of nitrogens with zero attached hydrogens (tertiary/aromatic N) is 1. The first-order valence-electron chi connectivity index (χ1n) is 10.6. The van der Waals surface area contributed by atoms with Gasteiger partial charge in [-0.3, -0.25) is 9.79 Å². The van der Waals surface area contributed by atoms with Crippen LogP contribution in [0.3, 0.4) is 0 Å². The molecule has 2 saturated carbocycles. The molecule has 1 aliphatic heterocycles. The van der Waals surface area contributed by atoms with E-state index in [2.05, 4.69) is 44.7 Å². The van der Waals surface area contributed by atoms with Gasteiger partial charge in [-0.1, -0.05) is 0 Å². The highest BCUT2D eigenvalue weighted by atomic mass is 35.5. The summed E-state index contributed by atoms with van der Waals surface area (Å²) in [5.41, 5.74) is -1.93. The normalized spacial score (nSPS) is 51.0. The fourth-order valence-corrected chi connectivity index (χ4v) is 6.74. The van der Waals surface area contributed by atoms with Crippen molar-refractivity contribution >= 4 is 24.7 Å². The van der Waals surface area contributed by atoms with Crippen LogP contribution >= 0.6 is 11.6 Å². The van der Waals surface area contributed by atoms with Crippen LogP contribution < -0.4 is 5.32 Å². The molecule has 1 heterocycles. The molecule has 8 unspecified atom stereocenters. The maximum Gasteiger partial charge on any atom is 0.207 e. The minimum atomic E-state index is -0.893. The van der Waals surface area contributed by atoms with Gasteiger partial charge in [0.15, 0.2) is 0 Å². The second kappa shape index (κ2) is 7.24. The Hall–Kier alpha value is -0.650. The number of fused-ring (bicyclic) bond motifs is 1. The van der Waals surface area contributed by atoms with E-state index >= 15 is 0 Å². The number of amides is 1. The quantitative estimate of drug-likeness (QED) is 0.420. The van der Waals surface area contributed by atoms with Crippen molar-refractivity contribution in [3.8, 4) is 0 Å². The van der Waals surface area contributed by atoms with Gasteiger partial charge in [-0.05, 0) is 97.6 Å². The SMILES string of the molecule is C=NC1C2C(CCC1(C)O)C(C)(NC=O)CCC2C1(C)CCC(Cl)C(C)(C)O1. The van der Waals surface area contributed by atoms with E-state index in [9.17, 15) is 9.90 Å². The standard InChI is InChI=1S/C22H37ClN2O3/c1-19(2)16(23)9-12-22(5,28-19)15-7-10-20(3,25-13-26)14-8-11-21(4,27)18(24-6)17(14)15/h13-18,27H,6-12H2,1-5H3,(H,25,26). The molecule has 0 aromatic rings. The van der Waals surface area contributed by atoms with Crippen molar-refractivity contribution < 1.29 is 14.6 Å². The third-order valence-corrected chi connectivity index (χ3v) is 8.94. The maximum atomic E-state index is 11.4. The number of hydrogen-bond donors (Lipinski definition) is 2. The van der Waals surface area contributed by atoms with E-state index in [-0.39, 0.29) is 40.3 Å². The molecule has 0 aromatic carbocycles. The molecule has 1 amide bonds. The molecule has 160 valence electrons. The molecule has 3 fully saturated rings. The molecule has 1 saturated heterocycles. The Bertz CT molecular complexity index is 625. The molecule has 3 rings (SSSR count). The van der Waals surface area contributed by atoms with Crippen molar-refractivity contribution in [1.82, 2.24) is 5.32 Å². The van der Waals surface area contributed by atoms with Crippen LogP contribution in [0.5, 0.6) is 0 Å². The Balaban J connectivity index is 2.02. The average molecular weight is 413 g/mol. The van der Waals surface area contributed by atoms with E-state index in [0.717, 1.165) is 38.5 Å². The summed E-state index contributed by atoms with van der Waals surface area (Å²) in [7, 11) is 0. The minimum Gasteiger partial charge on any atom is -0.388 e. The van der Waals surface area contributed by atoms with Crippen molar-refractivity contribution in [3.05, 3.63) is 0 Å². The molecule has 2 aliphatic carbocycles. The lowest BCUT2D eigenvalue weighted by molar-refractivity contribution is -0.221. The van der Waals surface area contributed by atoms with Crippen molar-refractivity contribution in [2.75, 3.05) is 0 Å². The number of aliphatic imine (C=N–C) groups is 1. The van der Waals surface area contributed by atoms with Crippen molar-refractivity contribution in [2.45, 2.75) is 107 Å². The van der Waals surface area contributed by atoms with Gasteiger partial charge in [0.1, 0.15) is 0 Å². The molecule has 8 atom stereocenters. The summed E-state index contributed by atoms with van der Waals surface area (Å²) in [6.45, 7) is 14.2. The van der Waals surface area contributed by atoms with Crippen molar-refractivity contribution in [1.29, 1.82) is 0 Å². The van der Waals surface area contributed by atoms with Crippen LogP contribution in [0.1, 0.15) is 73.1 Å². The lowest BCUT2D eigenvalue weighted by Gasteiger charge is -2.61. The number of carbonyl (C=O) groups excluding carboxylic acids is 1. The first-order chi connectivity index (χ1) is 12.9. The predicted octanol–water partition coefficient (Wildman–Crippen LogP) is 3.70. The van der Waals surface area contributed by atoms with E-state index in [1.54, 1.807) is 0 Å². The monoisotopic (exact) mass is 412 g/mol. The number of nitrogens with one attached hydrogen (secondary N) is 1. The maximum absolute atomic E-state index is 11.4. The summed E-state index contributed by atoms with van der Waals surface area (Å²) in [5.74, 6) is 0.550. The lowest BCUT2D eigenvalue weighted by atomic mass is 9.51. The van der Waals surface area contributed by atoms with Crippen LogP contribution in [0.15, 0.2) is 4.99 Å². The molecule has 0 bridgehead atoms. The fourth-order valence-electron chi connectivity index (χ4n) is 6.58. The average Bonchev–Trinajstić information content (AvgIpc) is 2.57. The van der Waals surface area contributed by atoms with Gasteiger partial charge >= 0.3 is 0 Å². The van der Waals surface area contributed by atoms with Gasteiger partial charge in [-0.2, -0.15) is 0 Å². The van der Waals surface area contributed by atoms with Crippen LogP contribution in [-0.2, 0) is 9.53 Å². The molecule has 28 heavy (non-hydrogen) atoms. The van der Waals surface area contributed by atoms with Gasteiger partial charge in [-0.15, -0.1) is 11.6 Å². The number of rotatable bonds is 4. The zero-order valence-corrected chi connectivity index (χ0v) is 18.8. The number of ether oxygens (including phenoxy) is 1. The Kier molecular flexibility index (Phi) is 5.70. The Morgan fingerprint density at radius 2 is 1.75 bits per heavy atom. The third-order valence-electron chi connectivity index (χ3n) is 8.20. The van der Waals surface area contributed by atoms with Gasteiger partial charge in [0.05, 0.1) is 28.2 Å². The number of halogens is 1. The van der Waals surface area contributed by atoms with Crippen LogP contribution in [-0.4, -0.2) is 52.0 Å². The number of carbonyl (C=O) groups is 1.